The van der Waals surface area contributed by atoms with Crippen LogP contribution < -0.4 is 15.8 Å². The van der Waals surface area contributed by atoms with Crippen LogP contribution in [-0.4, -0.2) is 19.6 Å². The Morgan fingerprint density at radius 3 is 2.94 bits per heavy atom. The third-order valence-electron chi connectivity index (χ3n) is 1.98. The van der Waals surface area contributed by atoms with Crippen LogP contribution in [0.2, 0.25) is 0 Å². The molecule has 1 aromatic carbocycles. The van der Waals surface area contributed by atoms with Crippen molar-refractivity contribution in [2.24, 2.45) is 0 Å². The fourth-order valence-electron chi connectivity index (χ4n) is 1.22. The minimum Gasteiger partial charge on any atom is -0.497 e. The van der Waals surface area contributed by atoms with E-state index in [1.165, 1.54) is 7.11 Å². The quantitative estimate of drug-likeness (QED) is 0.450. The highest BCUT2D eigenvalue weighted by Crippen LogP contribution is 2.18. The van der Waals surface area contributed by atoms with E-state index >= 15 is 0 Å². The molecule has 4 heteroatoms. The number of nitrogens with two attached hydrogens (primary N) is 1. The molecule has 16 heavy (non-hydrogen) atoms. The molecule has 0 atom stereocenters. The number of anilines is 1. The topological polar surface area (TPSA) is 64.4 Å². The summed E-state index contributed by atoms with van der Waals surface area (Å²) in [6.07, 6.45) is 5.59. The number of benzene rings is 1. The summed E-state index contributed by atoms with van der Waals surface area (Å²) in [4.78, 5) is 11.6. The van der Waals surface area contributed by atoms with Gasteiger partial charge in [-0.05, 0) is 12.1 Å². The standard InChI is InChI=1S/C12H14N2O2/c1-3-4-5-14-12(15)9-6-10(13)8-11(7-9)16-2/h1,6-8H,4-5,13H2,2H3,(H,14,15). The maximum Gasteiger partial charge on any atom is 0.251 e. The van der Waals surface area contributed by atoms with Crippen molar-refractivity contribution in [3.63, 3.8) is 0 Å². The second kappa shape index (κ2) is 5.66. The summed E-state index contributed by atoms with van der Waals surface area (Å²) in [5, 5.41) is 2.69. The van der Waals surface area contributed by atoms with Gasteiger partial charge in [0.2, 0.25) is 0 Å². The predicted molar refractivity (Wildman–Crippen MR) is 63.2 cm³/mol. The smallest absolute Gasteiger partial charge is 0.251 e. The first-order valence-corrected chi connectivity index (χ1v) is 4.83. The Balaban J connectivity index is 2.75. The number of rotatable bonds is 4. The number of ether oxygens (including phenoxy) is 1. The third-order valence-corrected chi connectivity index (χ3v) is 1.98. The molecule has 3 N–H and O–H groups in total. The molecule has 0 unspecified atom stereocenters. The molecule has 0 aliphatic heterocycles. The highest BCUT2D eigenvalue weighted by Gasteiger charge is 2.07. The van der Waals surface area contributed by atoms with Crippen LogP contribution in [0, 0.1) is 12.3 Å². The second-order valence-corrected chi connectivity index (χ2v) is 3.20. The van der Waals surface area contributed by atoms with E-state index in [1.807, 2.05) is 0 Å². The Hall–Kier alpha value is -2.15. The van der Waals surface area contributed by atoms with Crippen molar-refractivity contribution < 1.29 is 9.53 Å². The first kappa shape index (κ1) is 11.9. The lowest BCUT2D eigenvalue weighted by atomic mass is 10.1. The zero-order valence-electron chi connectivity index (χ0n) is 9.12. The van der Waals surface area contributed by atoms with E-state index in [-0.39, 0.29) is 5.91 Å². The summed E-state index contributed by atoms with van der Waals surface area (Å²) < 4.78 is 5.02. The molecule has 0 aliphatic carbocycles. The van der Waals surface area contributed by atoms with E-state index in [1.54, 1.807) is 18.2 Å². The summed E-state index contributed by atoms with van der Waals surface area (Å²) in [5.41, 5.74) is 6.59. The van der Waals surface area contributed by atoms with Gasteiger partial charge >= 0.3 is 0 Å². The lowest BCUT2D eigenvalue weighted by Gasteiger charge is -2.06. The predicted octanol–water partition coefficient (Wildman–Crippen LogP) is 1.03. The van der Waals surface area contributed by atoms with Gasteiger partial charge in [0, 0.05) is 30.3 Å². The lowest BCUT2D eigenvalue weighted by molar-refractivity contribution is 0.0954. The number of nitrogens with one attached hydrogen (secondary N) is 1. The summed E-state index contributed by atoms with van der Waals surface area (Å²) in [7, 11) is 1.52. The van der Waals surface area contributed by atoms with Crippen LogP contribution in [0.3, 0.4) is 0 Å². The van der Waals surface area contributed by atoms with Gasteiger partial charge in [0.05, 0.1) is 7.11 Å². The van der Waals surface area contributed by atoms with Gasteiger partial charge in [0.1, 0.15) is 5.75 Å². The van der Waals surface area contributed by atoms with Crippen LogP contribution in [0.4, 0.5) is 5.69 Å². The van der Waals surface area contributed by atoms with Gasteiger partial charge in [-0.1, -0.05) is 0 Å². The molecule has 0 heterocycles. The first-order chi connectivity index (χ1) is 7.67. The fourth-order valence-corrected chi connectivity index (χ4v) is 1.22. The first-order valence-electron chi connectivity index (χ1n) is 4.83. The van der Waals surface area contributed by atoms with Gasteiger partial charge < -0.3 is 15.8 Å². The Labute approximate surface area is 94.8 Å². The van der Waals surface area contributed by atoms with Crippen molar-refractivity contribution in [2.75, 3.05) is 19.4 Å². The molecule has 84 valence electrons. The van der Waals surface area contributed by atoms with E-state index in [4.69, 9.17) is 16.9 Å². The molecule has 0 radical (unpaired) electrons. The average molecular weight is 218 g/mol. The largest absolute Gasteiger partial charge is 0.497 e. The monoisotopic (exact) mass is 218 g/mol. The van der Waals surface area contributed by atoms with Crippen molar-refractivity contribution >= 4 is 11.6 Å². The highest BCUT2D eigenvalue weighted by atomic mass is 16.5. The number of hydrogen-bond acceptors (Lipinski definition) is 3. The maximum absolute atomic E-state index is 11.6. The molecule has 0 saturated heterocycles. The molecule has 0 spiro atoms. The minimum absolute atomic E-state index is 0.208. The molecule has 0 bridgehead atoms. The highest BCUT2D eigenvalue weighted by molar-refractivity contribution is 5.95. The van der Waals surface area contributed by atoms with Gasteiger partial charge in [0.15, 0.2) is 0 Å². The molecule has 0 fully saturated rings. The second-order valence-electron chi connectivity index (χ2n) is 3.20. The zero-order chi connectivity index (χ0) is 12.0. The van der Waals surface area contributed by atoms with Gasteiger partial charge in [0.25, 0.3) is 5.91 Å². The molecule has 1 amide bonds. The van der Waals surface area contributed by atoms with Crippen molar-refractivity contribution in [3.05, 3.63) is 23.8 Å². The third kappa shape index (κ3) is 3.21. The minimum atomic E-state index is -0.208. The van der Waals surface area contributed by atoms with E-state index in [9.17, 15) is 4.79 Å². The zero-order valence-corrected chi connectivity index (χ0v) is 9.12. The Morgan fingerprint density at radius 2 is 2.31 bits per heavy atom. The Kier molecular flexibility index (Phi) is 4.22. The van der Waals surface area contributed by atoms with Crippen molar-refractivity contribution in [1.82, 2.24) is 5.32 Å². The van der Waals surface area contributed by atoms with Crippen LogP contribution in [0.5, 0.6) is 5.75 Å². The van der Waals surface area contributed by atoms with E-state index < -0.39 is 0 Å². The Bertz CT molecular complexity index is 422. The van der Waals surface area contributed by atoms with Gasteiger partial charge in [-0.15, -0.1) is 12.3 Å². The molecular weight excluding hydrogens is 204 g/mol. The van der Waals surface area contributed by atoms with Gasteiger partial charge in [-0.3, -0.25) is 4.79 Å². The van der Waals surface area contributed by atoms with Crippen molar-refractivity contribution in [3.8, 4) is 18.1 Å². The van der Waals surface area contributed by atoms with Gasteiger partial charge in [-0.25, -0.2) is 0 Å². The molecular formula is C12H14N2O2. The summed E-state index contributed by atoms with van der Waals surface area (Å²) >= 11 is 0. The van der Waals surface area contributed by atoms with E-state index in [0.29, 0.717) is 30.0 Å². The van der Waals surface area contributed by atoms with E-state index in [2.05, 4.69) is 11.2 Å². The van der Waals surface area contributed by atoms with Crippen LogP contribution in [0.15, 0.2) is 18.2 Å². The van der Waals surface area contributed by atoms with Crippen LogP contribution >= 0.6 is 0 Å². The molecule has 0 saturated carbocycles. The molecule has 1 rings (SSSR count). The maximum atomic E-state index is 11.6. The molecule has 1 aromatic rings. The van der Waals surface area contributed by atoms with Crippen LogP contribution in [0.25, 0.3) is 0 Å². The summed E-state index contributed by atoms with van der Waals surface area (Å²) in [5.74, 6) is 2.79. The number of nitrogen functional groups attached to an aromatic ring is 1. The molecule has 0 aliphatic rings. The Morgan fingerprint density at radius 1 is 1.56 bits per heavy atom. The summed E-state index contributed by atoms with van der Waals surface area (Å²) in [6.45, 7) is 0.451. The average Bonchev–Trinajstić information content (AvgIpc) is 2.28. The molecule has 0 aromatic heterocycles. The molecule has 4 nitrogen and oxygen atoms in total. The number of hydrogen-bond donors (Lipinski definition) is 2. The van der Waals surface area contributed by atoms with E-state index in [0.717, 1.165) is 0 Å². The van der Waals surface area contributed by atoms with Crippen molar-refractivity contribution in [2.45, 2.75) is 6.42 Å². The normalized spacial score (nSPS) is 9.25. The number of terminal acetylenes is 1. The fraction of sp³-hybridized carbons (Fsp3) is 0.250. The van der Waals surface area contributed by atoms with Crippen molar-refractivity contribution in [1.29, 1.82) is 0 Å². The number of amides is 1. The van der Waals surface area contributed by atoms with Crippen LogP contribution in [0.1, 0.15) is 16.8 Å². The van der Waals surface area contributed by atoms with Crippen LogP contribution in [-0.2, 0) is 0 Å². The SMILES string of the molecule is C#CCCNC(=O)c1cc(N)cc(OC)c1. The van der Waals surface area contributed by atoms with Gasteiger partial charge in [-0.2, -0.15) is 0 Å². The number of carbonyl (C=O) groups excluding carboxylic acids is 1. The lowest BCUT2D eigenvalue weighted by Crippen LogP contribution is -2.24. The number of carbonyl (C=O) groups is 1. The number of methoxy groups -OCH3 is 1. The summed E-state index contributed by atoms with van der Waals surface area (Å²) in [6, 6.07) is 4.87.